The molecule has 2 bridgehead atoms. The van der Waals surface area contributed by atoms with Crippen LogP contribution in [0.1, 0.15) is 23.2 Å². The highest BCUT2D eigenvalue weighted by molar-refractivity contribution is 7.89. The van der Waals surface area contributed by atoms with Gasteiger partial charge < -0.3 is 5.11 Å². The van der Waals surface area contributed by atoms with Crippen molar-refractivity contribution in [3.05, 3.63) is 41.4 Å². The lowest BCUT2D eigenvalue weighted by Crippen LogP contribution is -2.43. The molecule has 2 N–H and O–H groups in total. The third kappa shape index (κ3) is 2.64. The second kappa shape index (κ2) is 6.10. The van der Waals surface area contributed by atoms with Gasteiger partial charge in [-0.1, -0.05) is 6.07 Å². The van der Waals surface area contributed by atoms with Crippen LogP contribution in [0.15, 0.2) is 40.7 Å². The maximum atomic E-state index is 13.3. The van der Waals surface area contributed by atoms with Gasteiger partial charge in [-0.3, -0.25) is 10.1 Å². The lowest BCUT2D eigenvalue weighted by atomic mass is 9.88. The molecule has 1 aromatic carbocycles. The van der Waals surface area contributed by atoms with Crippen molar-refractivity contribution >= 4 is 32.4 Å². The molecular formula is C18H19N3O4S2. The quantitative estimate of drug-likeness (QED) is 0.808. The molecule has 1 amide bonds. The maximum Gasteiger partial charge on any atom is 0.257 e. The van der Waals surface area contributed by atoms with Crippen LogP contribution in [-0.4, -0.2) is 47.4 Å². The summed E-state index contributed by atoms with van der Waals surface area (Å²) in [5, 5.41) is 15.4. The number of nitrogens with zero attached hydrogens (tertiary/aromatic N) is 2. The van der Waals surface area contributed by atoms with Gasteiger partial charge in [-0.25, -0.2) is 13.4 Å². The summed E-state index contributed by atoms with van der Waals surface area (Å²) in [6.45, 7) is 0.459. The van der Waals surface area contributed by atoms with Gasteiger partial charge in [0, 0.05) is 23.7 Å². The molecule has 27 heavy (non-hydrogen) atoms. The monoisotopic (exact) mass is 405 g/mol. The molecule has 1 aliphatic heterocycles. The molecule has 2 heterocycles. The first-order valence-corrected chi connectivity index (χ1v) is 11.3. The molecule has 2 aliphatic carbocycles. The Morgan fingerprint density at radius 2 is 2.15 bits per heavy atom. The van der Waals surface area contributed by atoms with Gasteiger partial charge in [-0.15, -0.1) is 11.3 Å². The van der Waals surface area contributed by atoms with E-state index in [-0.39, 0.29) is 28.3 Å². The molecule has 142 valence electrons. The minimum Gasteiger partial charge on any atom is -0.391 e. The zero-order valence-electron chi connectivity index (χ0n) is 14.4. The van der Waals surface area contributed by atoms with Gasteiger partial charge in [0.2, 0.25) is 10.0 Å². The molecule has 5 rings (SSSR count). The van der Waals surface area contributed by atoms with Crippen LogP contribution in [0.4, 0.5) is 5.13 Å². The van der Waals surface area contributed by atoms with E-state index in [1.165, 1.54) is 27.8 Å². The molecular weight excluding hydrogens is 386 g/mol. The van der Waals surface area contributed by atoms with E-state index < -0.39 is 22.0 Å². The van der Waals surface area contributed by atoms with Crippen LogP contribution >= 0.6 is 11.3 Å². The third-order valence-electron chi connectivity index (χ3n) is 6.16. The number of amides is 1. The molecule has 7 nitrogen and oxygen atoms in total. The van der Waals surface area contributed by atoms with Crippen molar-refractivity contribution in [2.45, 2.75) is 29.9 Å². The highest BCUT2D eigenvalue weighted by Gasteiger charge is 2.61. The molecule has 2 aromatic rings. The molecule has 1 aromatic heterocycles. The highest BCUT2D eigenvalue weighted by Crippen LogP contribution is 2.56. The lowest BCUT2D eigenvalue weighted by molar-refractivity contribution is 0.0731. The predicted molar refractivity (Wildman–Crippen MR) is 99.9 cm³/mol. The Morgan fingerprint density at radius 3 is 2.89 bits per heavy atom. The van der Waals surface area contributed by atoms with Gasteiger partial charge in [0.05, 0.1) is 17.0 Å². The smallest absolute Gasteiger partial charge is 0.257 e. The maximum absolute atomic E-state index is 13.3. The Morgan fingerprint density at radius 1 is 1.30 bits per heavy atom. The van der Waals surface area contributed by atoms with Gasteiger partial charge >= 0.3 is 0 Å². The number of benzene rings is 1. The van der Waals surface area contributed by atoms with E-state index in [2.05, 4.69) is 10.3 Å². The van der Waals surface area contributed by atoms with Crippen molar-refractivity contribution in [2.75, 3.05) is 11.9 Å². The van der Waals surface area contributed by atoms with Crippen LogP contribution in [0.25, 0.3) is 0 Å². The van der Waals surface area contributed by atoms with Crippen LogP contribution in [0.2, 0.25) is 0 Å². The summed E-state index contributed by atoms with van der Waals surface area (Å²) in [6, 6.07) is 5.73. The number of hydrogen-bond donors (Lipinski definition) is 2. The summed E-state index contributed by atoms with van der Waals surface area (Å²) in [5.41, 5.74) is 0.262. The van der Waals surface area contributed by atoms with Crippen molar-refractivity contribution in [1.29, 1.82) is 0 Å². The average Bonchev–Trinajstić information content (AvgIpc) is 3.39. The first-order valence-electron chi connectivity index (χ1n) is 8.96. The largest absolute Gasteiger partial charge is 0.391 e. The summed E-state index contributed by atoms with van der Waals surface area (Å²) in [6.07, 6.45) is 2.83. The molecule has 3 fully saturated rings. The minimum atomic E-state index is -3.77. The molecule has 0 spiro atoms. The molecule has 5 unspecified atom stereocenters. The van der Waals surface area contributed by atoms with Crippen molar-refractivity contribution < 1.29 is 18.3 Å². The minimum absolute atomic E-state index is 0.0891. The Bertz CT molecular complexity index is 990. The van der Waals surface area contributed by atoms with Crippen LogP contribution in [0.5, 0.6) is 0 Å². The van der Waals surface area contributed by atoms with Crippen LogP contribution in [0.3, 0.4) is 0 Å². The zero-order chi connectivity index (χ0) is 18.8. The Labute approximate surface area is 161 Å². The molecule has 9 heteroatoms. The number of hydrogen-bond acceptors (Lipinski definition) is 6. The van der Waals surface area contributed by atoms with E-state index in [0.717, 1.165) is 12.8 Å². The summed E-state index contributed by atoms with van der Waals surface area (Å²) in [4.78, 5) is 16.5. The molecule has 1 saturated heterocycles. The summed E-state index contributed by atoms with van der Waals surface area (Å²) in [7, 11) is -3.77. The van der Waals surface area contributed by atoms with Crippen molar-refractivity contribution in [2.24, 2.45) is 17.8 Å². The first kappa shape index (κ1) is 17.3. The highest BCUT2D eigenvalue weighted by atomic mass is 32.2. The zero-order valence-corrected chi connectivity index (χ0v) is 16.0. The Hall–Kier alpha value is -1.81. The van der Waals surface area contributed by atoms with E-state index >= 15 is 0 Å². The van der Waals surface area contributed by atoms with Gasteiger partial charge in [-0.05, 0) is 48.8 Å². The summed E-state index contributed by atoms with van der Waals surface area (Å²) >= 11 is 1.29. The fourth-order valence-corrected chi connectivity index (χ4v) is 7.33. The number of aromatic nitrogens is 1. The number of anilines is 1. The van der Waals surface area contributed by atoms with Crippen LogP contribution in [0, 0.1) is 17.8 Å². The molecule has 0 radical (unpaired) electrons. The second-order valence-corrected chi connectivity index (χ2v) is 10.3. The van der Waals surface area contributed by atoms with Gasteiger partial charge in [0.25, 0.3) is 5.91 Å². The lowest BCUT2D eigenvalue weighted by Gasteiger charge is -2.28. The number of carbonyl (C=O) groups is 1. The number of nitrogens with one attached hydrogen (secondary N) is 1. The van der Waals surface area contributed by atoms with E-state index in [9.17, 15) is 18.3 Å². The van der Waals surface area contributed by atoms with Crippen molar-refractivity contribution in [3.8, 4) is 0 Å². The topological polar surface area (TPSA) is 99.6 Å². The first-order chi connectivity index (χ1) is 12.9. The van der Waals surface area contributed by atoms with Crippen molar-refractivity contribution in [3.63, 3.8) is 0 Å². The second-order valence-electron chi connectivity index (χ2n) is 7.53. The van der Waals surface area contributed by atoms with Gasteiger partial charge in [0.15, 0.2) is 5.13 Å². The number of rotatable bonds is 4. The number of carbonyl (C=O) groups excluding carboxylic acids is 1. The van der Waals surface area contributed by atoms with Crippen LogP contribution in [-0.2, 0) is 10.0 Å². The SMILES string of the molecule is O=C(Nc1nccs1)c1cccc(S(=O)(=O)N2CC3CC4CC3C2C4O)c1. The van der Waals surface area contributed by atoms with E-state index in [1.807, 2.05) is 0 Å². The number of thiazole rings is 1. The van der Waals surface area contributed by atoms with Gasteiger partial charge in [-0.2, -0.15) is 4.31 Å². The van der Waals surface area contributed by atoms with E-state index in [0.29, 0.717) is 17.6 Å². The van der Waals surface area contributed by atoms with Gasteiger partial charge in [0.1, 0.15) is 0 Å². The standard InChI is InChI=1S/C18H19N3O4S2/c22-16-11-6-12-9-21(15(16)14(12)8-11)27(24,25)13-3-1-2-10(7-13)17(23)20-18-19-4-5-26-18/h1-5,7,11-12,14-16,22H,6,8-9H2,(H,19,20,23). The number of fused-ring (bicyclic) bond motifs is 1. The number of aliphatic hydroxyl groups excluding tert-OH is 1. The summed E-state index contributed by atoms with van der Waals surface area (Å²) < 4.78 is 28.0. The fourth-order valence-electron chi connectivity index (χ4n) is 5.02. The molecule has 2 saturated carbocycles. The Balaban J connectivity index is 1.43. The average molecular weight is 406 g/mol. The van der Waals surface area contributed by atoms with E-state index in [1.54, 1.807) is 23.7 Å². The number of sulfonamides is 1. The summed E-state index contributed by atoms with van der Waals surface area (Å²) in [5.74, 6) is 0.427. The predicted octanol–water partition coefficient (Wildman–Crippen LogP) is 1.79. The Kier molecular flexibility index (Phi) is 3.91. The van der Waals surface area contributed by atoms with E-state index in [4.69, 9.17) is 0 Å². The normalized spacial score (nSPS) is 32.1. The molecule has 3 aliphatic rings. The van der Waals surface area contributed by atoms with Crippen LogP contribution < -0.4 is 5.32 Å². The number of aliphatic hydroxyl groups is 1. The fraction of sp³-hybridized carbons (Fsp3) is 0.444. The third-order valence-corrected chi connectivity index (χ3v) is 8.71. The van der Waals surface area contributed by atoms with Crippen molar-refractivity contribution in [1.82, 2.24) is 9.29 Å². The molecule has 5 atom stereocenters.